The molecule has 1 aromatic carbocycles. The lowest BCUT2D eigenvalue weighted by atomic mass is 9.81. The van der Waals surface area contributed by atoms with Crippen molar-refractivity contribution in [2.75, 3.05) is 12.4 Å². The highest BCUT2D eigenvalue weighted by Crippen LogP contribution is 2.46. The molecular formula is C17H18N2O5S. The van der Waals surface area contributed by atoms with Crippen LogP contribution in [0.1, 0.15) is 12.5 Å². The first-order chi connectivity index (χ1) is 11.8. The van der Waals surface area contributed by atoms with E-state index in [9.17, 15) is 19.5 Å². The van der Waals surface area contributed by atoms with Crippen molar-refractivity contribution >= 4 is 29.6 Å². The number of nitrogens with zero attached hydrogens (tertiary/aromatic N) is 1. The summed E-state index contributed by atoms with van der Waals surface area (Å²) in [6.07, 6.45) is 0.340. The normalized spacial score (nSPS) is 25.3. The van der Waals surface area contributed by atoms with Gasteiger partial charge in [-0.3, -0.25) is 14.5 Å². The maximum Gasteiger partial charge on any atom is 0.352 e. The number of carbonyl (C=O) groups is 3. The average Bonchev–Trinajstić information content (AvgIpc) is 2.59. The van der Waals surface area contributed by atoms with Crippen molar-refractivity contribution in [1.29, 1.82) is 0 Å². The van der Waals surface area contributed by atoms with Gasteiger partial charge in [-0.15, -0.1) is 11.8 Å². The van der Waals surface area contributed by atoms with E-state index in [0.717, 1.165) is 5.56 Å². The number of carboxylic acid groups (broad SMARTS) is 1. The summed E-state index contributed by atoms with van der Waals surface area (Å²) in [6.45, 7) is 1.11. The van der Waals surface area contributed by atoms with Gasteiger partial charge in [0.05, 0.1) is 0 Å². The van der Waals surface area contributed by atoms with Gasteiger partial charge < -0.3 is 15.6 Å². The smallest absolute Gasteiger partial charge is 0.352 e. The van der Waals surface area contributed by atoms with Crippen LogP contribution in [0.3, 0.4) is 0 Å². The highest BCUT2D eigenvalue weighted by Gasteiger charge is 2.62. The number of amides is 1. The Morgan fingerprint density at radius 2 is 2.08 bits per heavy atom. The van der Waals surface area contributed by atoms with Crippen LogP contribution < -0.4 is 5.73 Å². The van der Waals surface area contributed by atoms with Crippen molar-refractivity contribution in [3.05, 3.63) is 47.2 Å². The van der Waals surface area contributed by atoms with Crippen molar-refractivity contribution in [2.45, 2.75) is 24.3 Å². The topological polar surface area (TPSA) is 110 Å². The molecule has 0 spiro atoms. The van der Waals surface area contributed by atoms with Crippen LogP contribution in [0.5, 0.6) is 0 Å². The molecule has 0 radical (unpaired) electrons. The Hall–Kier alpha value is -2.32. The molecule has 1 aromatic rings. The predicted octanol–water partition coefficient (Wildman–Crippen LogP) is 0.744. The Labute approximate surface area is 148 Å². The molecule has 8 heteroatoms. The van der Waals surface area contributed by atoms with Crippen LogP contribution in [-0.2, 0) is 25.5 Å². The van der Waals surface area contributed by atoms with Gasteiger partial charge in [0, 0.05) is 24.7 Å². The third-order valence-corrected chi connectivity index (χ3v) is 5.74. The summed E-state index contributed by atoms with van der Waals surface area (Å²) < 4.78 is 4.91. The fourth-order valence-corrected chi connectivity index (χ4v) is 4.52. The van der Waals surface area contributed by atoms with Crippen LogP contribution >= 0.6 is 11.8 Å². The summed E-state index contributed by atoms with van der Waals surface area (Å²) in [6, 6.07) is 9.39. The molecule has 132 valence electrons. The van der Waals surface area contributed by atoms with Crippen LogP contribution in [0.4, 0.5) is 0 Å². The Balaban J connectivity index is 1.86. The summed E-state index contributed by atoms with van der Waals surface area (Å²) in [5.74, 6) is -1.80. The Bertz CT molecular complexity index is 764. The lowest BCUT2D eigenvalue weighted by Crippen LogP contribution is -2.78. The van der Waals surface area contributed by atoms with Gasteiger partial charge in [-0.1, -0.05) is 30.3 Å². The predicted molar refractivity (Wildman–Crippen MR) is 91.5 cm³/mol. The molecule has 0 aliphatic carbocycles. The average molecular weight is 362 g/mol. The van der Waals surface area contributed by atoms with Crippen molar-refractivity contribution < 1.29 is 24.2 Å². The number of β-lactam (4-membered cyclic amide) rings is 1. The summed E-state index contributed by atoms with van der Waals surface area (Å²) in [4.78, 5) is 36.6. The molecule has 1 saturated heterocycles. The largest absolute Gasteiger partial charge is 0.477 e. The number of aliphatic carboxylic acids is 1. The van der Waals surface area contributed by atoms with E-state index in [1.807, 2.05) is 30.3 Å². The van der Waals surface area contributed by atoms with E-state index in [2.05, 4.69) is 0 Å². The highest BCUT2D eigenvalue weighted by molar-refractivity contribution is 8.00. The first-order valence-corrected chi connectivity index (χ1v) is 8.76. The lowest BCUT2D eigenvalue weighted by molar-refractivity contribution is -0.154. The summed E-state index contributed by atoms with van der Waals surface area (Å²) in [5, 5.41) is 9.08. The molecule has 25 heavy (non-hydrogen) atoms. The molecule has 3 N–H and O–H groups in total. The van der Waals surface area contributed by atoms with E-state index in [1.165, 1.54) is 23.6 Å². The first kappa shape index (κ1) is 17.5. The maximum atomic E-state index is 12.7. The zero-order valence-corrected chi connectivity index (χ0v) is 14.4. The monoisotopic (exact) mass is 362 g/mol. The molecule has 1 amide bonds. The number of hydrogen-bond acceptors (Lipinski definition) is 6. The number of esters is 1. The van der Waals surface area contributed by atoms with E-state index in [0.29, 0.717) is 17.7 Å². The molecule has 2 aliphatic heterocycles. The Morgan fingerprint density at radius 1 is 1.40 bits per heavy atom. The van der Waals surface area contributed by atoms with Crippen molar-refractivity contribution in [3.8, 4) is 0 Å². The number of hydrogen-bond donors (Lipinski definition) is 2. The molecule has 0 saturated carbocycles. The molecule has 0 aromatic heterocycles. The van der Waals surface area contributed by atoms with Gasteiger partial charge in [0.1, 0.15) is 23.2 Å². The van der Waals surface area contributed by atoms with Crippen molar-refractivity contribution in [1.82, 2.24) is 4.90 Å². The van der Waals surface area contributed by atoms with Gasteiger partial charge in [0.15, 0.2) is 0 Å². The van der Waals surface area contributed by atoms with Crippen LogP contribution in [0.25, 0.3) is 0 Å². The standard InChI is InChI=1S/C17H18N2O5S/c1-10(20)24-8-12-9-25-16-17(18,7-11-5-3-2-4-6-11)15(23)19(16)13(12)14(21)22/h2-6,16H,7-9,18H2,1H3,(H,21,22)/t16-,17+/m1/s1. The van der Waals surface area contributed by atoms with Crippen molar-refractivity contribution in [3.63, 3.8) is 0 Å². The number of carboxylic acids is 1. The highest BCUT2D eigenvalue weighted by atomic mass is 32.2. The zero-order chi connectivity index (χ0) is 18.2. The van der Waals surface area contributed by atoms with Crippen LogP contribution in [0.15, 0.2) is 41.6 Å². The SMILES string of the molecule is CC(=O)OCC1=C(C(=O)O)N2C(=O)[C@@](N)(Cc3ccccc3)[C@H]2SC1. The zero-order valence-electron chi connectivity index (χ0n) is 13.6. The third-order valence-electron chi connectivity index (χ3n) is 4.28. The van der Waals surface area contributed by atoms with Gasteiger partial charge in [0.2, 0.25) is 0 Å². The van der Waals surface area contributed by atoms with E-state index in [-0.39, 0.29) is 12.3 Å². The number of benzene rings is 1. The van der Waals surface area contributed by atoms with Crippen molar-refractivity contribution in [2.24, 2.45) is 5.73 Å². The molecule has 3 rings (SSSR count). The summed E-state index contributed by atoms with van der Waals surface area (Å²) >= 11 is 1.39. The van der Waals surface area contributed by atoms with Gasteiger partial charge in [-0.25, -0.2) is 4.79 Å². The Morgan fingerprint density at radius 3 is 2.68 bits per heavy atom. The van der Waals surface area contributed by atoms with Gasteiger partial charge in [-0.05, 0) is 5.56 Å². The molecule has 0 unspecified atom stereocenters. The van der Waals surface area contributed by atoms with Crippen LogP contribution in [-0.4, -0.2) is 51.1 Å². The number of nitrogens with two attached hydrogens (primary N) is 1. The number of fused-ring (bicyclic) bond motifs is 1. The van der Waals surface area contributed by atoms with Gasteiger partial charge >= 0.3 is 11.9 Å². The summed E-state index contributed by atoms with van der Waals surface area (Å²) in [7, 11) is 0. The molecule has 0 bridgehead atoms. The minimum absolute atomic E-state index is 0.121. The number of ether oxygens (including phenoxy) is 1. The molecule has 2 heterocycles. The molecule has 2 atom stereocenters. The third kappa shape index (κ3) is 3.03. The summed E-state index contributed by atoms with van der Waals surface area (Å²) in [5.41, 5.74) is 6.41. The second-order valence-corrected chi connectivity index (χ2v) is 7.15. The van der Waals surface area contributed by atoms with Gasteiger partial charge in [0.25, 0.3) is 5.91 Å². The Kier molecular flexibility index (Phi) is 4.57. The molecule has 2 aliphatic rings. The fraction of sp³-hybridized carbons (Fsp3) is 0.353. The maximum absolute atomic E-state index is 12.7. The second-order valence-electron chi connectivity index (χ2n) is 6.08. The number of thioether (sulfide) groups is 1. The minimum Gasteiger partial charge on any atom is -0.477 e. The lowest BCUT2D eigenvalue weighted by Gasteiger charge is -2.55. The number of carbonyl (C=O) groups excluding carboxylic acids is 2. The molecular weight excluding hydrogens is 344 g/mol. The van der Waals surface area contributed by atoms with E-state index < -0.39 is 28.8 Å². The first-order valence-electron chi connectivity index (χ1n) is 7.71. The molecule has 7 nitrogen and oxygen atoms in total. The van der Waals surface area contributed by atoms with E-state index >= 15 is 0 Å². The number of rotatable bonds is 5. The quantitative estimate of drug-likeness (QED) is 0.587. The second kappa shape index (κ2) is 6.53. The van der Waals surface area contributed by atoms with E-state index in [4.69, 9.17) is 10.5 Å². The van der Waals surface area contributed by atoms with E-state index in [1.54, 1.807) is 0 Å². The van der Waals surface area contributed by atoms with Crippen LogP contribution in [0, 0.1) is 0 Å². The van der Waals surface area contributed by atoms with Gasteiger partial charge in [-0.2, -0.15) is 0 Å². The van der Waals surface area contributed by atoms with Crippen LogP contribution in [0.2, 0.25) is 0 Å². The molecule has 1 fully saturated rings. The minimum atomic E-state index is -1.22. The fourth-order valence-electron chi connectivity index (χ4n) is 3.11.